The van der Waals surface area contributed by atoms with Gasteiger partial charge in [-0.05, 0) is 104 Å². The number of hydrogen-bond donors (Lipinski definition) is 1. The molecule has 0 aromatic carbocycles. The van der Waals surface area contributed by atoms with Crippen LogP contribution in [0.5, 0.6) is 0 Å². The molecule has 0 bridgehead atoms. The molecule has 0 heterocycles. The molecule has 0 aromatic rings. The second-order valence-electron chi connectivity index (χ2n) is 23.4. The summed E-state index contributed by atoms with van der Waals surface area (Å²) in [4.78, 5) is 39.0. The molecule has 11 heteroatoms. The number of rotatable bonds is 33. The van der Waals surface area contributed by atoms with E-state index >= 15 is 0 Å². The Morgan fingerprint density at radius 2 is 1.43 bits per heavy atom. The fourth-order valence-electron chi connectivity index (χ4n) is 13.0. The predicted molar refractivity (Wildman–Crippen MR) is 261 cm³/mol. The van der Waals surface area contributed by atoms with Crippen molar-refractivity contribution in [2.24, 2.45) is 46.3 Å². The number of phosphoric ester groups is 1. The van der Waals surface area contributed by atoms with E-state index in [2.05, 4.69) is 47.6 Å². The molecule has 0 aromatic heterocycles. The smallest absolute Gasteiger partial charge is 0.347 e. The summed E-state index contributed by atoms with van der Waals surface area (Å²) in [6.45, 7) is 14.3. The number of carbonyl (C=O) groups excluding carboxylic acids is 1. The summed E-state index contributed by atoms with van der Waals surface area (Å²) in [6.07, 6.45) is 29.8. The minimum absolute atomic E-state index is 0.0487. The van der Waals surface area contributed by atoms with Crippen LogP contribution in [0.1, 0.15) is 215 Å². The second kappa shape index (κ2) is 27.2. The molecule has 0 radical (unpaired) electrons. The van der Waals surface area contributed by atoms with E-state index in [1.807, 2.05) is 21.1 Å². The van der Waals surface area contributed by atoms with E-state index in [4.69, 9.17) is 18.5 Å². The van der Waals surface area contributed by atoms with Gasteiger partial charge in [0.2, 0.25) is 6.10 Å². The number of likely N-dealkylation sites (N-methyl/N-ethyl adjacent to an activating group) is 1. The first kappa shape index (κ1) is 56.3. The second-order valence-corrected chi connectivity index (χ2v) is 24.8. The fraction of sp³-hybridized carbons (Fsp3) is 0.926. The lowest BCUT2D eigenvalue weighted by Gasteiger charge is -2.58. The van der Waals surface area contributed by atoms with Crippen LogP contribution in [0.2, 0.25) is 0 Å². The molecule has 11 atom stereocenters. The van der Waals surface area contributed by atoms with Crippen LogP contribution in [-0.4, -0.2) is 80.7 Å². The van der Waals surface area contributed by atoms with Gasteiger partial charge < -0.3 is 33.0 Å². The molecule has 6 unspecified atom stereocenters. The van der Waals surface area contributed by atoms with Crippen molar-refractivity contribution in [3.8, 4) is 0 Å². The molecule has 1 N–H and O–H groups in total. The number of carboxylic acid groups (broad SMARTS) is 1. The van der Waals surface area contributed by atoms with Crippen LogP contribution in [0.3, 0.4) is 0 Å². The third-order valence-electron chi connectivity index (χ3n) is 16.9. The molecule has 4 rings (SSSR count). The average Bonchev–Trinajstić information content (AvgIpc) is 3.59. The highest BCUT2D eigenvalue weighted by molar-refractivity contribution is 7.45. The summed E-state index contributed by atoms with van der Waals surface area (Å²) in [5.41, 5.74) is 1.83. The van der Waals surface area contributed by atoms with Gasteiger partial charge in [0, 0.05) is 6.42 Å². The number of carbonyl (C=O) groups is 2. The lowest BCUT2D eigenvalue weighted by atomic mass is 9.47. The minimum atomic E-state index is -4.81. The highest BCUT2D eigenvalue weighted by atomic mass is 31.2. The van der Waals surface area contributed by atoms with Gasteiger partial charge in [0.25, 0.3) is 7.82 Å². The number of unbranched alkanes of at least 4 members (excludes halogenated alkanes) is 14. The fourth-order valence-corrected chi connectivity index (χ4v) is 13.7. The molecule has 3 fully saturated rings. The normalized spacial score (nSPS) is 29.0. The van der Waals surface area contributed by atoms with Gasteiger partial charge in [-0.1, -0.05) is 162 Å². The number of quaternary nitrogens is 1. The number of aliphatic carboxylic acids is 1. The van der Waals surface area contributed by atoms with Gasteiger partial charge >= 0.3 is 11.9 Å². The third kappa shape index (κ3) is 17.9. The monoisotopic (exact) mass is 936 g/mol. The Labute approximate surface area is 397 Å². The van der Waals surface area contributed by atoms with E-state index in [0.29, 0.717) is 47.5 Å². The maximum absolute atomic E-state index is 13.2. The molecule has 10 nitrogen and oxygen atoms in total. The molecule has 0 spiro atoms. The van der Waals surface area contributed by atoms with Crippen molar-refractivity contribution in [3.05, 3.63) is 11.6 Å². The van der Waals surface area contributed by atoms with Gasteiger partial charge in [-0.15, -0.1) is 0 Å². The van der Waals surface area contributed by atoms with Crippen LogP contribution < -0.4 is 4.89 Å². The molecular formula is C54H98NO9P. The number of esters is 1. The van der Waals surface area contributed by atoms with Gasteiger partial charge in [-0.3, -0.25) is 9.36 Å². The van der Waals surface area contributed by atoms with Crippen LogP contribution in [-0.2, 0) is 32.7 Å². The molecule has 378 valence electrons. The van der Waals surface area contributed by atoms with Crippen LogP contribution in [0.25, 0.3) is 0 Å². The van der Waals surface area contributed by atoms with Crippen molar-refractivity contribution in [2.75, 3.05) is 40.9 Å². The van der Waals surface area contributed by atoms with E-state index < -0.39 is 38.6 Å². The van der Waals surface area contributed by atoms with Crippen molar-refractivity contribution < 1.29 is 47.2 Å². The SMILES string of the molecule is CCCCCCCCCCCCCCCCCC(=O)OC(C(=O)O)[C@H](COP(=O)([O-])OCC[N+](C)(C)C)OC1CC[C@@]2(C)C(=CCC3C2CC[C@@]2(C)C3CC[C@@H]2[C@H](C)CCCC(C)C)C1. The van der Waals surface area contributed by atoms with Crippen molar-refractivity contribution in [1.29, 1.82) is 0 Å². The van der Waals surface area contributed by atoms with Crippen molar-refractivity contribution in [1.82, 2.24) is 0 Å². The molecule has 3 saturated carbocycles. The first-order valence-electron chi connectivity index (χ1n) is 27.0. The molecule has 4 aliphatic rings. The van der Waals surface area contributed by atoms with Crippen LogP contribution in [0, 0.1) is 46.3 Å². The summed E-state index contributed by atoms with van der Waals surface area (Å²) in [6, 6.07) is 0. The molecule has 65 heavy (non-hydrogen) atoms. The summed E-state index contributed by atoms with van der Waals surface area (Å²) in [5, 5.41) is 10.5. The molecule has 4 aliphatic carbocycles. The number of hydrogen-bond acceptors (Lipinski definition) is 8. The summed E-state index contributed by atoms with van der Waals surface area (Å²) in [7, 11) is 0.980. The summed E-state index contributed by atoms with van der Waals surface area (Å²) in [5.74, 6) is 2.36. The summed E-state index contributed by atoms with van der Waals surface area (Å²) < 4.78 is 36.1. The predicted octanol–water partition coefficient (Wildman–Crippen LogP) is 13.2. The number of carboxylic acids is 1. The molecule has 0 saturated heterocycles. The first-order chi connectivity index (χ1) is 30.8. The lowest BCUT2D eigenvalue weighted by molar-refractivity contribution is -0.870. The van der Waals surface area contributed by atoms with Gasteiger partial charge in [-0.25, -0.2) is 4.79 Å². The zero-order valence-corrected chi connectivity index (χ0v) is 44.0. The molecule has 0 aliphatic heterocycles. The third-order valence-corrected chi connectivity index (χ3v) is 17.8. The molecular weight excluding hydrogens is 838 g/mol. The number of allylic oxidation sites excluding steroid dienone is 1. The minimum Gasteiger partial charge on any atom is -0.756 e. The zero-order chi connectivity index (χ0) is 47.7. The maximum atomic E-state index is 13.2. The standard InChI is InChI=1S/C54H98NO9P/c1-10-11-12-13-14-15-16-17-18-19-20-21-22-23-24-28-50(56)64-51(52(57)58)49(40-62-65(59,60)61-38-37-55(7,8)9)63-44-33-35-53(5)43(39-44)29-30-45-47-32-31-46(42(4)27-25-26-41(2)3)54(47,6)36-34-48(45)53/h29,41-42,44-49,51H,10-28,30-40H2,1-9H3,(H-,57,58,59,60)/t42-,44?,45?,46-,47?,48?,49+,51?,53+,54-/m1/s1. The van der Waals surface area contributed by atoms with Crippen LogP contribution in [0.4, 0.5) is 0 Å². The zero-order valence-electron chi connectivity index (χ0n) is 43.1. The number of phosphoric acid groups is 1. The van der Waals surface area contributed by atoms with Crippen molar-refractivity contribution in [3.63, 3.8) is 0 Å². The quantitative estimate of drug-likeness (QED) is 0.0225. The van der Waals surface area contributed by atoms with Crippen molar-refractivity contribution >= 4 is 19.8 Å². The highest BCUT2D eigenvalue weighted by Crippen LogP contribution is 2.67. The Bertz CT molecular complexity index is 1500. The van der Waals surface area contributed by atoms with E-state index in [1.54, 1.807) is 0 Å². The van der Waals surface area contributed by atoms with Crippen LogP contribution in [0.15, 0.2) is 11.6 Å². The van der Waals surface area contributed by atoms with Gasteiger partial charge in [0.05, 0.1) is 33.9 Å². The average molecular weight is 936 g/mol. The Morgan fingerprint density at radius 1 is 0.815 bits per heavy atom. The van der Waals surface area contributed by atoms with Crippen LogP contribution >= 0.6 is 7.82 Å². The van der Waals surface area contributed by atoms with Gasteiger partial charge in [-0.2, -0.15) is 0 Å². The Hall–Kier alpha value is -1.29. The topological polar surface area (TPSA) is 131 Å². The van der Waals surface area contributed by atoms with E-state index in [-0.39, 0.29) is 24.5 Å². The van der Waals surface area contributed by atoms with E-state index in [9.17, 15) is 24.2 Å². The summed E-state index contributed by atoms with van der Waals surface area (Å²) >= 11 is 0. The molecule has 0 amide bonds. The van der Waals surface area contributed by atoms with Gasteiger partial charge in [0.15, 0.2) is 0 Å². The number of ether oxygens (including phenoxy) is 2. The largest absolute Gasteiger partial charge is 0.756 e. The van der Waals surface area contributed by atoms with E-state index in [1.165, 1.54) is 121 Å². The first-order valence-corrected chi connectivity index (χ1v) is 28.4. The Morgan fingerprint density at radius 3 is 2.02 bits per heavy atom. The Balaban J connectivity index is 1.32. The number of fused-ring (bicyclic) bond motifs is 5. The highest BCUT2D eigenvalue weighted by Gasteiger charge is 2.59. The number of nitrogens with zero attached hydrogens (tertiary/aromatic N) is 1. The Kier molecular flexibility index (Phi) is 23.6. The van der Waals surface area contributed by atoms with Gasteiger partial charge in [0.1, 0.15) is 19.3 Å². The van der Waals surface area contributed by atoms with Crippen molar-refractivity contribution in [2.45, 2.75) is 233 Å². The maximum Gasteiger partial charge on any atom is 0.347 e. The lowest BCUT2D eigenvalue weighted by Crippen LogP contribution is -2.51. The van der Waals surface area contributed by atoms with E-state index in [0.717, 1.165) is 55.8 Å².